The van der Waals surface area contributed by atoms with E-state index in [4.69, 9.17) is 4.74 Å². The first-order valence-electron chi connectivity index (χ1n) is 4.22. The van der Waals surface area contributed by atoms with Crippen LogP contribution in [0.1, 0.15) is 19.4 Å². The zero-order valence-electron chi connectivity index (χ0n) is 7.50. The molecule has 1 rings (SSSR count). The van der Waals surface area contributed by atoms with Crippen LogP contribution < -0.4 is 4.74 Å². The van der Waals surface area contributed by atoms with Crippen LogP contribution in [0.2, 0.25) is 0 Å². The van der Waals surface area contributed by atoms with Crippen molar-refractivity contribution in [3.63, 3.8) is 0 Å². The predicted molar refractivity (Wildman–Crippen MR) is 48.7 cm³/mol. The van der Waals surface area contributed by atoms with Crippen molar-refractivity contribution in [3.8, 4) is 11.5 Å². The van der Waals surface area contributed by atoms with Crippen LogP contribution in [0.5, 0.6) is 11.5 Å². The Hall–Kier alpha value is -1.18. The third-order valence-electron chi connectivity index (χ3n) is 1.75. The van der Waals surface area contributed by atoms with E-state index in [1.165, 1.54) is 0 Å². The van der Waals surface area contributed by atoms with Crippen molar-refractivity contribution in [3.05, 3.63) is 23.8 Å². The third-order valence-corrected chi connectivity index (χ3v) is 1.75. The lowest BCUT2D eigenvalue weighted by Gasteiger charge is -2.05. The number of phenolic OH excluding ortho intramolecular Hbond substituents is 1. The Morgan fingerprint density at radius 3 is 2.58 bits per heavy atom. The Morgan fingerprint density at radius 2 is 2.08 bits per heavy atom. The summed E-state index contributed by atoms with van der Waals surface area (Å²) in [6.45, 7) is 4.56. The third kappa shape index (κ3) is 1.91. The summed E-state index contributed by atoms with van der Waals surface area (Å²) >= 11 is 0. The number of benzene rings is 1. The Labute approximate surface area is 72.8 Å². The van der Waals surface area contributed by atoms with Crippen LogP contribution in [-0.2, 0) is 6.42 Å². The molecule has 2 heteroatoms. The van der Waals surface area contributed by atoms with Crippen LogP contribution in [0.4, 0.5) is 0 Å². The lowest BCUT2D eigenvalue weighted by Crippen LogP contribution is -1.91. The number of rotatable bonds is 3. The molecule has 0 aliphatic rings. The standard InChI is InChI=1S/C10H14O2/c1-3-8-5-6-9(12-4-2)7-10(8)11/h5-7,11H,3-4H2,1-2H3. The van der Waals surface area contributed by atoms with Gasteiger partial charge in [0.15, 0.2) is 0 Å². The van der Waals surface area contributed by atoms with E-state index in [1.54, 1.807) is 6.07 Å². The van der Waals surface area contributed by atoms with Crippen molar-refractivity contribution in [1.82, 2.24) is 0 Å². The second-order valence-electron chi connectivity index (χ2n) is 2.58. The highest BCUT2D eigenvalue weighted by molar-refractivity contribution is 5.39. The molecule has 0 spiro atoms. The maximum Gasteiger partial charge on any atom is 0.122 e. The van der Waals surface area contributed by atoms with Gasteiger partial charge in [0.05, 0.1) is 6.61 Å². The minimum absolute atomic E-state index is 0.323. The molecular formula is C10H14O2. The molecule has 0 aliphatic carbocycles. The normalized spacial score (nSPS) is 9.83. The molecule has 12 heavy (non-hydrogen) atoms. The van der Waals surface area contributed by atoms with Gasteiger partial charge in [0.2, 0.25) is 0 Å². The van der Waals surface area contributed by atoms with Gasteiger partial charge in [-0.05, 0) is 25.0 Å². The summed E-state index contributed by atoms with van der Waals surface area (Å²) in [5, 5.41) is 9.44. The molecule has 0 radical (unpaired) electrons. The fourth-order valence-electron chi connectivity index (χ4n) is 1.10. The molecular weight excluding hydrogens is 152 g/mol. The molecule has 0 heterocycles. The Balaban J connectivity index is 2.86. The van der Waals surface area contributed by atoms with Gasteiger partial charge < -0.3 is 9.84 Å². The van der Waals surface area contributed by atoms with E-state index in [0.717, 1.165) is 17.7 Å². The highest BCUT2D eigenvalue weighted by atomic mass is 16.5. The average Bonchev–Trinajstić information content (AvgIpc) is 2.05. The number of ether oxygens (including phenoxy) is 1. The fourth-order valence-corrected chi connectivity index (χ4v) is 1.10. The molecule has 66 valence electrons. The van der Waals surface area contributed by atoms with Crippen molar-refractivity contribution >= 4 is 0 Å². The summed E-state index contributed by atoms with van der Waals surface area (Å²) in [7, 11) is 0. The second-order valence-corrected chi connectivity index (χ2v) is 2.58. The zero-order valence-corrected chi connectivity index (χ0v) is 7.50. The van der Waals surface area contributed by atoms with E-state index >= 15 is 0 Å². The quantitative estimate of drug-likeness (QED) is 0.746. The molecule has 0 unspecified atom stereocenters. The minimum atomic E-state index is 0.323. The van der Waals surface area contributed by atoms with Crippen molar-refractivity contribution < 1.29 is 9.84 Å². The van der Waals surface area contributed by atoms with Gasteiger partial charge in [0, 0.05) is 6.07 Å². The number of hydrogen-bond donors (Lipinski definition) is 1. The van der Waals surface area contributed by atoms with Crippen molar-refractivity contribution in [2.45, 2.75) is 20.3 Å². The fraction of sp³-hybridized carbons (Fsp3) is 0.400. The molecule has 0 fully saturated rings. The lowest BCUT2D eigenvalue weighted by molar-refractivity contribution is 0.337. The monoisotopic (exact) mass is 166 g/mol. The van der Waals surface area contributed by atoms with Crippen molar-refractivity contribution in [2.75, 3.05) is 6.61 Å². The highest BCUT2D eigenvalue weighted by Gasteiger charge is 1.99. The summed E-state index contributed by atoms with van der Waals surface area (Å²) in [6.07, 6.45) is 0.845. The lowest BCUT2D eigenvalue weighted by atomic mass is 10.1. The molecule has 0 aliphatic heterocycles. The Morgan fingerprint density at radius 1 is 1.33 bits per heavy atom. The van der Waals surface area contributed by atoms with Gasteiger partial charge in [-0.1, -0.05) is 13.0 Å². The summed E-state index contributed by atoms with van der Waals surface area (Å²) in [6, 6.07) is 5.42. The molecule has 0 atom stereocenters. The van der Waals surface area contributed by atoms with E-state index in [2.05, 4.69) is 0 Å². The van der Waals surface area contributed by atoms with Gasteiger partial charge >= 0.3 is 0 Å². The van der Waals surface area contributed by atoms with Crippen LogP contribution in [0.15, 0.2) is 18.2 Å². The summed E-state index contributed by atoms with van der Waals surface area (Å²) in [5.74, 6) is 1.05. The number of aromatic hydroxyl groups is 1. The van der Waals surface area contributed by atoms with Crippen molar-refractivity contribution in [2.24, 2.45) is 0 Å². The van der Waals surface area contributed by atoms with E-state index in [-0.39, 0.29) is 0 Å². The summed E-state index contributed by atoms with van der Waals surface area (Å²) in [5.41, 5.74) is 0.957. The predicted octanol–water partition coefficient (Wildman–Crippen LogP) is 2.35. The smallest absolute Gasteiger partial charge is 0.122 e. The van der Waals surface area contributed by atoms with Gasteiger partial charge in [0.1, 0.15) is 11.5 Å². The van der Waals surface area contributed by atoms with Gasteiger partial charge in [-0.25, -0.2) is 0 Å². The SMILES string of the molecule is CCOc1ccc(CC)c(O)c1. The van der Waals surface area contributed by atoms with Gasteiger partial charge in [-0.3, -0.25) is 0 Å². The zero-order chi connectivity index (χ0) is 8.97. The van der Waals surface area contributed by atoms with E-state index in [1.807, 2.05) is 26.0 Å². The molecule has 1 N–H and O–H groups in total. The summed E-state index contributed by atoms with van der Waals surface area (Å²) in [4.78, 5) is 0. The van der Waals surface area contributed by atoms with E-state index in [0.29, 0.717) is 12.4 Å². The molecule has 2 nitrogen and oxygen atoms in total. The van der Waals surface area contributed by atoms with Crippen molar-refractivity contribution in [1.29, 1.82) is 0 Å². The van der Waals surface area contributed by atoms with E-state index in [9.17, 15) is 5.11 Å². The highest BCUT2D eigenvalue weighted by Crippen LogP contribution is 2.23. The first kappa shape index (κ1) is 8.91. The second kappa shape index (κ2) is 4.00. The maximum atomic E-state index is 9.44. The maximum absolute atomic E-state index is 9.44. The molecule has 0 aromatic heterocycles. The van der Waals surface area contributed by atoms with E-state index < -0.39 is 0 Å². The Bertz CT molecular complexity index is 256. The first-order chi connectivity index (χ1) is 5.77. The molecule has 1 aromatic carbocycles. The minimum Gasteiger partial charge on any atom is -0.508 e. The molecule has 0 bridgehead atoms. The number of hydrogen-bond acceptors (Lipinski definition) is 2. The van der Waals surface area contributed by atoms with Crippen LogP contribution in [0, 0.1) is 0 Å². The topological polar surface area (TPSA) is 29.5 Å². The van der Waals surface area contributed by atoms with Gasteiger partial charge in [0.25, 0.3) is 0 Å². The molecule has 0 amide bonds. The number of phenols is 1. The van der Waals surface area contributed by atoms with Gasteiger partial charge in [-0.2, -0.15) is 0 Å². The molecule has 1 aromatic rings. The average molecular weight is 166 g/mol. The van der Waals surface area contributed by atoms with Crippen LogP contribution >= 0.6 is 0 Å². The van der Waals surface area contributed by atoms with Crippen LogP contribution in [0.3, 0.4) is 0 Å². The summed E-state index contributed by atoms with van der Waals surface area (Å²) < 4.78 is 5.23. The Kier molecular flexibility index (Phi) is 2.97. The molecule has 0 saturated carbocycles. The molecule has 0 saturated heterocycles. The van der Waals surface area contributed by atoms with Crippen LogP contribution in [-0.4, -0.2) is 11.7 Å². The number of aryl methyl sites for hydroxylation is 1. The largest absolute Gasteiger partial charge is 0.508 e. The van der Waals surface area contributed by atoms with Gasteiger partial charge in [-0.15, -0.1) is 0 Å². The van der Waals surface area contributed by atoms with Crippen LogP contribution in [0.25, 0.3) is 0 Å². The first-order valence-corrected chi connectivity index (χ1v) is 4.22.